The lowest BCUT2D eigenvalue weighted by Gasteiger charge is -2.18. The maximum absolute atomic E-state index is 12.9. The van der Waals surface area contributed by atoms with E-state index >= 15 is 0 Å². The third kappa shape index (κ3) is 52.1. The van der Waals surface area contributed by atoms with E-state index in [1.807, 2.05) is 0 Å². The topological polar surface area (TPSA) is 78.9 Å². The van der Waals surface area contributed by atoms with Crippen LogP contribution in [0.2, 0.25) is 0 Å². The number of hydrogen-bond acceptors (Lipinski definition) is 6. The first-order valence-electron chi connectivity index (χ1n) is 30.2. The van der Waals surface area contributed by atoms with Crippen molar-refractivity contribution in [3.05, 3.63) is 0 Å². The van der Waals surface area contributed by atoms with E-state index < -0.39 is 6.10 Å². The Balaban J connectivity index is 4.26. The van der Waals surface area contributed by atoms with Gasteiger partial charge in [-0.15, -0.1) is 0 Å². The van der Waals surface area contributed by atoms with Crippen LogP contribution in [0.15, 0.2) is 0 Å². The summed E-state index contributed by atoms with van der Waals surface area (Å²) in [6.07, 6.45) is 55.1. The number of hydrogen-bond donors (Lipinski definition) is 0. The number of esters is 3. The van der Waals surface area contributed by atoms with Crippen molar-refractivity contribution in [2.45, 2.75) is 343 Å². The summed E-state index contributed by atoms with van der Waals surface area (Å²) >= 11 is 0. The van der Waals surface area contributed by atoms with Crippen molar-refractivity contribution in [3.63, 3.8) is 0 Å². The van der Waals surface area contributed by atoms with Crippen LogP contribution in [-0.2, 0) is 28.6 Å². The first kappa shape index (κ1) is 65.4. The summed E-state index contributed by atoms with van der Waals surface area (Å²) in [6, 6.07) is 0. The fourth-order valence-electron chi connectivity index (χ4n) is 9.29. The molecular formula is C61H118O6. The smallest absolute Gasteiger partial charge is 0.306 e. The molecule has 3 atom stereocenters. The molecule has 0 aliphatic rings. The van der Waals surface area contributed by atoms with Crippen molar-refractivity contribution >= 4 is 17.9 Å². The molecule has 0 radical (unpaired) electrons. The largest absolute Gasteiger partial charge is 0.462 e. The summed E-state index contributed by atoms with van der Waals surface area (Å²) < 4.78 is 16.9. The molecule has 0 spiro atoms. The molecule has 0 aliphatic carbocycles. The number of unbranched alkanes of at least 4 members (excludes halogenated alkanes) is 35. The number of carbonyl (C=O) groups excluding carboxylic acids is 3. The minimum absolute atomic E-state index is 0.0635. The summed E-state index contributed by atoms with van der Waals surface area (Å²) in [5.74, 6) is 1.75. The van der Waals surface area contributed by atoms with E-state index in [-0.39, 0.29) is 31.1 Å². The first-order chi connectivity index (χ1) is 32.7. The highest BCUT2D eigenvalue weighted by Crippen LogP contribution is 2.19. The van der Waals surface area contributed by atoms with Gasteiger partial charge in [0.2, 0.25) is 0 Å². The van der Waals surface area contributed by atoms with Crippen LogP contribution >= 0.6 is 0 Å². The Hall–Kier alpha value is -1.59. The molecule has 0 aromatic heterocycles. The monoisotopic (exact) mass is 947 g/mol. The predicted molar refractivity (Wildman–Crippen MR) is 289 cm³/mol. The average Bonchev–Trinajstić information content (AvgIpc) is 3.31. The molecule has 0 aromatic rings. The van der Waals surface area contributed by atoms with Crippen molar-refractivity contribution in [1.29, 1.82) is 0 Å². The summed E-state index contributed by atoms with van der Waals surface area (Å²) in [7, 11) is 0. The number of rotatable bonds is 54. The van der Waals surface area contributed by atoms with Crippen LogP contribution in [0, 0.1) is 17.8 Å². The van der Waals surface area contributed by atoms with Gasteiger partial charge in [-0.3, -0.25) is 14.4 Å². The Kier molecular flexibility index (Phi) is 51.0. The molecule has 0 rings (SSSR count). The second kappa shape index (κ2) is 52.2. The fraction of sp³-hybridized carbons (Fsp3) is 0.951. The van der Waals surface area contributed by atoms with E-state index in [9.17, 15) is 14.4 Å². The van der Waals surface area contributed by atoms with Crippen molar-refractivity contribution in [1.82, 2.24) is 0 Å². The van der Waals surface area contributed by atoms with Gasteiger partial charge < -0.3 is 14.2 Å². The molecule has 0 saturated heterocycles. The van der Waals surface area contributed by atoms with Crippen molar-refractivity contribution < 1.29 is 28.6 Å². The van der Waals surface area contributed by atoms with E-state index in [4.69, 9.17) is 14.2 Å². The third-order valence-electron chi connectivity index (χ3n) is 14.6. The highest BCUT2D eigenvalue weighted by Gasteiger charge is 2.19. The van der Waals surface area contributed by atoms with Crippen LogP contribution < -0.4 is 0 Å². The van der Waals surface area contributed by atoms with Gasteiger partial charge in [0.05, 0.1) is 0 Å². The predicted octanol–water partition coefficient (Wildman–Crippen LogP) is 19.9. The minimum atomic E-state index is -0.764. The molecule has 0 saturated carbocycles. The molecular weight excluding hydrogens is 829 g/mol. The van der Waals surface area contributed by atoms with Crippen LogP contribution in [-0.4, -0.2) is 37.2 Å². The van der Waals surface area contributed by atoms with Crippen LogP contribution in [0.3, 0.4) is 0 Å². The van der Waals surface area contributed by atoms with E-state index in [1.165, 1.54) is 218 Å². The molecule has 0 fully saturated rings. The number of ether oxygens (including phenoxy) is 3. The molecule has 0 amide bonds. The van der Waals surface area contributed by atoms with Gasteiger partial charge in [-0.05, 0) is 37.0 Å². The quantitative estimate of drug-likeness (QED) is 0.0343. The standard InChI is InChI=1S/C61H118O6/c1-7-56(5)48-42-36-30-24-19-21-27-33-39-45-51-60(63)66-54-58(67-61(64)52-46-40-34-28-22-20-25-31-37-43-49-57(6)8-2)53-65-59(62)50-44-38-32-26-18-16-14-12-10-9-11-13-15-17-23-29-35-41-47-55(3)4/h55-58H,7-54H2,1-6H3/t56?,57?,58-/m0/s1. The van der Waals surface area contributed by atoms with Crippen LogP contribution in [0.5, 0.6) is 0 Å². The first-order valence-corrected chi connectivity index (χ1v) is 30.2. The van der Waals surface area contributed by atoms with Crippen LogP contribution in [0.25, 0.3) is 0 Å². The molecule has 0 aliphatic heterocycles. The van der Waals surface area contributed by atoms with Gasteiger partial charge in [0.25, 0.3) is 0 Å². The minimum Gasteiger partial charge on any atom is -0.462 e. The second-order valence-corrected chi connectivity index (χ2v) is 21.9. The Morgan fingerprint density at radius 1 is 0.299 bits per heavy atom. The lowest BCUT2D eigenvalue weighted by Crippen LogP contribution is -2.30. The summed E-state index contributed by atoms with van der Waals surface area (Å²) in [5.41, 5.74) is 0. The van der Waals surface area contributed by atoms with Gasteiger partial charge in [-0.25, -0.2) is 0 Å². The summed E-state index contributed by atoms with van der Waals surface area (Å²) in [5, 5.41) is 0. The highest BCUT2D eigenvalue weighted by molar-refractivity contribution is 5.71. The Bertz CT molecular complexity index is 1040. The highest BCUT2D eigenvalue weighted by atomic mass is 16.6. The molecule has 0 heterocycles. The van der Waals surface area contributed by atoms with Gasteiger partial charge in [-0.1, -0.05) is 298 Å². The SMILES string of the molecule is CCC(C)CCCCCCCCCCCCC(=O)OC[C@H](COC(=O)CCCCCCCCCCCCCCCCCCCCC(C)C)OC(=O)CCCCCCCCCCCCC(C)CC. The van der Waals surface area contributed by atoms with E-state index in [0.717, 1.165) is 75.5 Å². The van der Waals surface area contributed by atoms with Crippen LogP contribution in [0.1, 0.15) is 337 Å². The van der Waals surface area contributed by atoms with Crippen LogP contribution in [0.4, 0.5) is 0 Å². The lowest BCUT2D eigenvalue weighted by atomic mass is 9.99. The molecule has 0 N–H and O–H groups in total. The van der Waals surface area contributed by atoms with Gasteiger partial charge in [0.15, 0.2) is 6.10 Å². The zero-order valence-electron chi connectivity index (χ0n) is 46.2. The number of carbonyl (C=O) groups is 3. The maximum atomic E-state index is 12.9. The lowest BCUT2D eigenvalue weighted by molar-refractivity contribution is -0.167. The van der Waals surface area contributed by atoms with E-state index in [0.29, 0.717) is 19.3 Å². The van der Waals surface area contributed by atoms with Gasteiger partial charge in [-0.2, -0.15) is 0 Å². The summed E-state index contributed by atoms with van der Waals surface area (Å²) in [6.45, 7) is 13.8. The molecule has 6 nitrogen and oxygen atoms in total. The second-order valence-electron chi connectivity index (χ2n) is 21.9. The molecule has 0 aromatic carbocycles. The molecule has 6 heteroatoms. The average molecular weight is 948 g/mol. The van der Waals surface area contributed by atoms with E-state index in [2.05, 4.69) is 41.5 Å². The summed E-state index contributed by atoms with van der Waals surface area (Å²) in [4.78, 5) is 38.2. The Morgan fingerprint density at radius 3 is 0.776 bits per heavy atom. The van der Waals surface area contributed by atoms with Crippen molar-refractivity contribution in [2.24, 2.45) is 17.8 Å². The van der Waals surface area contributed by atoms with Crippen molar-refractivity contribution in [3.8, 4) is 0 Å². The zero-order chi connectivity index (χ0) is 49.1. The zero-order valence-corrected chi connectivity index (χ0v) is 46.2. The van der Waals surface area contributed by atoms with Crippen molar-refractivity contribution in [2.75, 3.05) is 13.2 Å². The Morgan fingerprint density at radius 2 is 0.522 bits per heavy atom. The normalized spacial score (nSPS) is 12.9. The molecule has 398 valence electrons. The third-order valence-corrected chi connectivity index (χ3v) is 14.6. The van der Waals surface area contributed by atoms with Gasteiger partial charge in [0, 0.05) is 19.3 Å². The van der Waals surface area contributed by atoms with Gasteiger partial charge >= 0.3 is 17.9 Å². The molecule has 0 bridgehead atoms. The van der Waals surface area contributed by atoms with E-state index in [1.54, 1.807) is 0 Å². The Labute approximate surface area is 418 Å². The molecule has 2 unspecified atom stereocenters. The fourth-order valence-corrected chi connectivity index (χ4v) is 9.29. The maximum Gasteiger partial charge on any atom is 0.306 e. The molecule has 67 heavy (non-hydrogen) atoms. The van der Waals surface area contributed by atoms with Gasteiger partial charge in [0.1, 0.15) is 13.2 Å².